The number of primary amides is 5. The standard InChI is InChI=1S/C20H28N2O.C20H30N2O.C20H28N2O.C19H24N2O2.C18H26N2O2/c1-13-18-11-15-6-7-16(19(21)23)10-17(15)20(13,2)8-9-22(18)12-14-4-3-5-14;1-13-17-11-14-6-7-15(18(21)23)10-16(14)20(13,5)8-9-22(17)12-19(2,3)4;1-13(2)7-9-22-10-8-20(4)14(3)18(22)12-15-5-6-16(19(21)23)11-17(15)20;1-11-16-17(22)14-6-5-13(18(20)23)9-15(14)19(11,2)7-8-21(16)10-12-3-4-12;1-12-16-11-13-4-5-14(17(19)21)10-15(13)18(12,2)6-7-20(16)8-9-22-3/h6-7,10,13-14,18H,3-5,8-9,11-12H2,1-2H3,(H2,21,23);6-7,10,13,17H,8-9,11-12H2,1-5H3,(H2,21,23);5-7,11,14,18H,8-10,12H2,1-4H3,(H2,21,23);5-6,9,11-12,16H,3-4,7-8,10H2,1-2H3,(H2,20,23);4-5,10,12,16H,6-9,11H2,1-3H3,(H2,19,21)/t13-,18+,20+;13-,17+,20+;14-,18?,20+;11-,16?,19+;12-,16?,18+/m00000/s1. The van der Waals surface area contributed by atoms with Crippen molar-refractivity contribution in [3.05, 3.63) is 186 Å². The van der Waals surface area contributed by atoms with Crippen molar-refractivity contribution in [1.82, 2.24) is 24.5 Å². The second-order valence-corrected chi connectivity index (χ2v) is 39.8. The summed E-state index contributed by atoms with van der Waals surface area (Å²) in [6.07, 6.45) is 19.2. The Morgan fingerprint density at radius 2 is 0.763 bits per heavy atom. The minimum absolute atomic E-state index is 0.0127. The monoisotopic (exact) mass is 1550 g/mol. The number of hydrogen-bond acceptors (Lipinski definition) is 12. The van der Waals surface area contributed by atoms with E-state index in [1.807, 2.05) is 42.5 Å². The van der Waals surface area contributed by atoms with Gasteiger partial charge in [0.25, 0.3) is 0 Å². The van der Waals surface area contributed by atoms with Crippen molar-refractivity contribution >= 4 is 35.3 Å². The highest BCUT2D eigenvalue weighted by Gasteiger charge is 2.56. The maximum absolute atomic E-state index is 13.1. The van der Waals surface area contributed by atoms with Crippen LogP contribution < -0.4 is 28.7 Å². The molecule has 5 aromatic carbocycles. The van der Waals surface area contributed by atoms with Crippen LogP contribution in [0.2, 0.25) is 0 Å². The Bertz CT molecular complexity index is 4510. The first kappa shape index (κ1) is 84.5. The highest BCUT2D eigenvalue weighted by Crippen LogP contribution is 2.55. The van der Waals surface area contributed by atoms with Gasteiger partial charge in [0.05, 0.1) is 12.6 Å². The smallest absolute Gasteiger partial charge is 0.248 e. The van der Waals surface area contributed by atoms with E-state index in [0.717, 1.165) is 133 Å². The summed E-state index contributed by atoms with van der Waals surface area (Å²) < 4.78 is 5.26. The number of fused-ring (bicyclic) bond motifs is 20. The van der Waals surface area contributed by atoms with Gasteiger partial charge in [-0.2, -0.15) is 0 Å². The molecule has 616 valence electrons. The van der Waals surface area contributed by atoms with Gasteiger partial charge in [-0.15, -0.1) is 0 Å². The van der Waals surface area contributed by atoms with Gasteiger partial charge in [-0.25, -0.2) is 0 Å². The number of carbonyl (C=O) groups is 6. The molecule has 5 aromatic rings. The first-order valence-corrected chi connectivity index (χ1v) is 43.4. The van der Waals surface area contributed by atoms with E-state index in [-0.39, 0.29) is 68.4 Å². The average Bonchev–Trinajstić information content (AvgIpc) is 0.882. The third kappa shape index (κ3) is 16.3. The number of amides is 5. The number of nitrogens with two attached hydrogens (primary N) is 5. The molecule has 5 aliphatic heterocycles. The largest absolute Gasteiger partial charge is 0.383 e. The Balaban J connectivity index is 0.000000124. The molecule has 3 unspecified atom stereocenters. The zero-order valence-electron chi connectivity index (χ0n) is 71.8. The number of allylic oxidation sites excluding steroid dienone is 1. The summed E-state index contributed by atoms with van der Waals surface area (Å²) in [6.45, 7) is 46.6. The SMILES string of the molecule is CC(C)=CCN1CC[C@@]2(C)c3cc(C(N)=O)ccc3CC1[C@@H]2C.COCCN1CC[C@@]2(C)c3cc(C(N)=O)ccc3CC1[C@@H]2C.C[C@H]1C2C(=O)c3ccc(C(N)=O)cc3[C@]1(C)CCN2CC1CC1.C[C@H]1[C@H]2Cc3ccc(C(N)=O)cc3[C@]1(C)CCN2CC(C)(C)C.C[C@H]1[C@H]2Cc3ccc(C(N)=O)cc3[C@]1(C)CCN2CC1CCC1. The molecule has 5 amide bonds. The molecule has 15 atom stereocenters. The summed E-state index contributed by atoms with van der Waals surface area (Å²) >= 11 is 0. The van der Waals surface area contributed by atoms with Crippen LogP contribution in [-0.4, -0.2) is 169 Å². The Morgan fingerprint density at radius 1 is 0.439 bits per heavy atom. The molecular formula is C97H136N10O7. The van der Waals surface area contributed by atoms with Crippen molar-refractivity contribution in [2.24, 2.45) is 75.5 Å². The summed E-state index contributed by atoms with van der Waals surface area (Å²) in [5.74, 6) is 2.86. The molecule has 0 aromatic heterocycles. The van der Waals surface area contributed by atoms with E-state index in [4.69, 9.17) is 33.4 Å². The van der Waals surface area contributed by atoms with Crippen molar-refractivity contribution < 1.29 is 33.5 Å². The molecule has 7 aliphatic carbocycles. The second kappa shape index (κ2) is 32.8. The number of nitrogens with zero attached hydrogens (tertiary/aromatic N) is 5. The number of likely N-dealkylation sites (tertiary alicyclic amines) is 5. The minimum atomic E-state index is -0.426. The molecule has 0 radical (unpaired) electrons. The quantitative estimate of drug-likeness (QED) is 0.0613. The first-order chi connectivity index (χ1) is 53.8. The number of hydrogen-bond donors (Lipinski definition) is 5. The maximum Gasteiger partial charge on any atom is 0.248 e. The molecule has 17 rings (SSSR count). The summed E-state index contributed by atoms with van der Waals surface area (Å²) in [7, 11) is 1.76. The van der Waals surface area contributed by atoms with Gasteiger partial charge in [0.15, 0.2) is 5.78 Å². The lowest BCUT2D eigenvalue weighted by atomic mass is 9.58. The van der Waals surface area contributed by atoms with Crippen LogP contribution in [0, 0.1) is 46.8 Å². The first-order valence-electron chi connectivity index (χ1n) is 43.4. The zero-order valence-corrected chi connectivity index (χ0v) is 71.8. The van der Waals surface area contributed by atoms with Gasteiger partial charge in [-0.3, -0.25) is 53.3 Å². The molecule has 5 saturated heterocycles. The van der Waals surface area contributed by atoms with Crippen molar-refractivity contribution in [3.8, 4) is 0 Å². The fourth-order valence-electron chi connectivity index (χ4n) is 23.1. The van der Waals surface area contributed by atoms with E-state index in [9.17, 15) is 28.8 Å². The van der Waals surface area contributed by atoms with Crippen LogP contribution in [0.5, 0.6) is 0 Å². The fourth-order valence-corrected chi connectivity index (χ4v) is 23.1. The number of benzene rings is 5. The number of ketones is 1. The normalized spacial score (nSPS) is 31.7. The van der Waals surface area contributed by atoms with Gasteiger partial charge >= 0.3 is 0 Å². The molecule has 10 N–H and O–H groups in total. The van der Waals surface area contributed by atoms with Gasteiger partial charge in [0, 0.05) is 97.4 Å². The highest BCUT2D eigenvalue weighted by atomic mass is 16.5. The molecule has 17 nitrogen and oxygen atoms in total. The summed E-state index contributed by atoms with van der Waals surface area (Å²) in [5.41, 5.74) is 45.6. The van der Waals surface area contributed by atoms with Crippen LogP contribution >= 0.6 is 0 Å². The van der Waals surface area contributed by atoms with Crippen molar-refractivity contribution in [1.29, 1.82) is 0 Å². The van der Waals surface area contributed by atoms with Crippen LogP contribution in [0.4, 0.5) is 0 Å². The number of rotatable bonds is 15. The van der Waals surface area contributed by atoms with Crippen molar-refractivity contribution in [3.63, 3.8) is 0 Å². The molecule has 10 bridgehead atoms. The number of Topliss-reactive ketones (excluding diaryl/α,β-unsaturated/α-hetero) is 1. The van der Waals surface area contributed by atoms with E-state index in [1.54, 1.807) is 13.2 Å². The van der Waals surface area contributed by atoms with Crippen LogP contribution in [0.1, 0.15) is 280 Å². The van der Waals surface area contributed by atoms with Gasteiger partial charge in [-0.05, 0) is 315 Å². The molecule has 17 heteroatoms. The third-order valence-electron chi connectivity index (χ3n) is 31.8. The van der Waals surface area contributed by atoms with Crippen LogP contribution in [0.15, 0.2) is 103 Å². The lowest BCUT2D eigenvalue weighted by molar-refractivity contribution is 0.0114. The average molecular weight is 1550 g/mol. The Labute approximate surface area is 681 Å². The molecule has 5 heterocycles. The number of piperidine rings is 5. The molecular weight excluding hydrogens is 1420 g/mol. The van der Waals surface area contributed by atoms with E-state index in [0.29, 0.717) is 81.1 Å². The Kier molecular flexibility index (Phi) is 24.4. The lowest BCUT2D eigenvalue weighted by Crippen LogP contribution is -2.61. The van der Waals surface area contributed by atoms with Crippen molar-refractivity contribution in [2.75, 3.05) is 79.2 Å². The molecule has 7 fully saturated rings. The summed E-state index contributed by atoms with van der Waals surface area (Å²) in [5, 5.41) is 0. The molecule has 2 saturated carbocycles. The summed E-state index contributed by atoms with van der Waals surface area (Å²) in [6, 6.07) is 32.0. The topological polar surface area (TPSA) is 258 Å². The Morgan fingerprint density at radius 3 is 1.13 bits per heavy atom. The Hall–Kier alpha value is -7.38. The van der Waals surface area contributed by atoms with E-state index in [1.165, 1.54) is 102 Å². The molecule has 114 heavy (non-hydrogen) atoms. The van der Waals surface area contributed by atoms with E-state index < -0.39 is 5.91 Å². The van der Waals surface area contributed by atoms with Crippen LogP contribution in [0.25, 0.3) is 0 Å². The fraction of sp³-hybridized carbons (Fsp3) is 0.608. The lowest BCUT2D eigenvalue weighted by Gasteiger charge is -2.55. The van der Waals surface area contributed by atoms with E-state index in [2.05, 4.69) is 177 Å². The number of ether oxygens (including phenoxy) is 1. The zero-order chi connectivity index (χ0) is 82.2. The van der Waals surface area contributed by atoms with Gasteiger partial charge in [0.1, 0.15) is 0 Å². The van der Waals surface area contributed by atoms with Gasteiger partial charge in [-0.1, -0.05) is 138 Å². The number of carbonyl (C=O) groups excluding carboxylic acids is 6. The van der Waals surface area contributed by atoms with Gasteiger partial charge < -0.3 is 33.4 Å². The van der Waals surface area contributed by atoms with Crippen LogP contribution in [-0.2, 0) is 57.5 Å². The predicted molar refractivity (Wildman–Crippen MR) is 457 cm³/mol. The van der Waals surface area contributed by atoms with Crippen molar-refractivity contribution in [2.45, 2.75) is 251 Å². The highest BCUT2D eigenvalue weighted by molar-refractivity contribution is 6.05. The minimum Gasteiger partial charge on any atom is -0.383 e. The summed E-state index contributed by atoms with van der Waals surface area (Å²) in [4.78, 5) is 83.9. The van der Waals surface area contributed by atoms with E-state index >= 15 is 0 Å². The number of methoxy groups -OCH3 is 1. The maximum atomic E-state index is 13.1. The predicted octanol–water partition coefficient (Wildman–Crippen LogP) is 14.1. The second-order valence-electron chi connectivity index (χ2n) is 39.8. The molecule has 0 spiro atoms. The molecule has 12 aliphatic rings. The van der Waals surface area contributed by atoms with Gasteiger partial charge in [0.2, 0.25) is 29.5 Å². The van der Waals surface area contributed by atoms with Crippen LogP contribution in [0.3, 0.4) is 0 Å². The third-order valence-corrected chi connectivity index (χ3v) is 31.8.